The van der Waals surface area contributed by atoms with Gasteiger partial charge < -0.3 is 18.9 Å². The number of hydrogen-bond acceptors (Lipinski definition) is 7. The molecule has 45 heavy (non-hydrogen) atoms. The van der Waals surface area contributed by atoms with Crippen molar-refractivity contribution in [2.45, 2.75) is 27.1 Å². The van der Waals surface area contributed by atoms with Crippen LogP contribution < -0.4 is 29.2 Å². The molecule has 5 rings (SSSR count). The van der Waals surface area contributed by atoms with Gasteiger partial charge in [0.05, 0.1) is 23.4 Å². The van der Waals surface area contributed by atoms with Crippen LogP contribution in [0.15, 0.2) is 101 Å². The Labute approximate surface area is 275 Å². The van der Waals surface area contributed by atoms with E-state index in [1.165, 1.54) is 11.0 Å². The number of nitrogens with zero attached hydrogens (tertiary/aromatic N) is 1. The quantitative estimate of drug-likeness (QED) is 0.0956. The van der Waals surface area contributed by atoms with Crippen LogP contribution >= 0.6 is 28.1 Å². The molecule has 0 radical (unpaired) electrons. The number of amides is 2. The number of carbonyl (C=O) groups excluding carboxylic acids is 2. The summed E-state index contributed by atoms with van der Waals surface area (Å²) in [7, 11) is 0. The zero-order valence-corrected chi connectivity index (χ0v) is 27.2. The van der Waals surface area contributed by atoms with Gasteiger partial charge in [0.2, 0.25) is 0 Å². The lowest BCUT2D eigenvalue weighted by Gasteiger charge is -2.28. The van der Waals surface area contributed by atoms with Crippen LogP contribution in [0.3, 0.4) is 0 Å². The number of carbonyl (C=O) groups is 2. The molecule has 0 atom stereocenters. The second-order valence-corrected chi connectivity index (χ2v) is 11.1. The minimum atomic E-state index is -0.576. The highest BCUT2D eigenvalue weighted by molar-refractivity contribution is 9.10. The summed E-state index contributed by atoms with van der Waals surface area (Å²) in [5, 5.41) is 2.63. The molecule has 1 saturated heterocycles. The highest BCUT2D eigenvalue weighted by Crippen LogP contribution is 2.39. The summed E-state index contributed by atoms with van der Waals surface area (Å²) in [5.74, 6) is 1.10. The van der Waals surface area contributed by atoms with Crippen LogP contribution in [0, 0.1) is 0 Å². The van der Waals surface area contributed by atoms with Crippen molar-refractivity contribution in [1.82, 2.24) is 5.32 Å². The van der Waals surface area contributed by atoms with Gasteiger partial charge in [-0.1, -0.05) is 54.6 Å². The standard InChI is InChI=1S/C35H31BrN2O6S/c1-3-41-30-19-24(15-16-29(30)43-21-23-11-7-5-8-12-23)22-44-32-28(36)18-25(20-31(32)42-4-2)17-27-33(39)37-35(45)38(34(27)40)26-13-9-6-10-14-26/h5-20H,3-4,21-22H2,1-2H3,(H,37,39,45)/b27-17-. The summed E-state index contributed by atoms with van der Waals surface area (Å²) in [5.41, 5.74) is 2.99. The van der Waals surface area contributed by atoms with E-state index in [4.69, 9.17) is 31.2 Å². The Morgan fingerprint density at radius 2 is 1.42 bits per heavy atom. The van der Waals surface area contributed by atoms with Crippen molar-refractivity contribution in [2.24, 2.45) is 0 Å². The number of rotatable bonds is 12. The largest absolute Gasteiger partial charge is 0.490 e. The second-order valence-electron chi connectivity index (χ2n) is 9.83. The molecule has 0 spiro atoms. The lowest BCUT2D eigenvalue weighted by atomic mass is 10.1. The number of para-hydroxylation sites is 1. The zero-order chi connectivity index (χ0) is 31.8. The monoisotopic (exact) mass is 686 g/mol. The average Bonchev–Trinajstić information content (AvgIpc) is 3.03. The van der Waals surface area contributed by atoms with E-state index in [0.29, 0.717) is 58.5 Å². The van der Waals surface area contributed by atoms with E-state index in [0.717, 1.165) is 11.1 Å². The molecule has 0 saturated carbocycles. The SMILES string of the molecule is CCOc1cc(COc2c(Br)cc(/C=C3/C(=O)NC(=S)N(c4ccccc4)C3=O)cc2OCC)ccc1OCc1ccccc1. The van der Waals surface area contributed by atoms with Gasteiger partial charge in [0.25, 0.3) is 11.8 Å². The molecule has 4 aromatic carbocycles. The number of benzene rings is 4. The summed E-state index contributed by atoms with van der Waals surface area (Å²) >= 11 is 8.89. The van der Waals surface area contributed by atoms with Crippen molar-refractivity contribution in [2.75, 3.05) is 18.1 Å². The fourth-order valence-corrected chi connectivity index (χ4v) is 5.49. The minimum Gasteiger partial charge on any atom is -0.490 e. The molecular formula is C35H31BrN2O6S. The van der Waals surface area contributed by atoms with Crippen LogP contribution in [0.5, 0.6) is 23.0 Å². The lowest BCUT2D eigenvalue weighted by Crippen LogP contribution is -2.54. The molecular weight excluding hydrogens is 656 g/mol. The highest BCUT2D eigenvalue weighted by atomic mass is 79.9. The van der Waals surface area contributed by atoms with Crippen LogP contribution in [0.25, 0.3) is 6.08 Å². The summed E-state index contributed by atoms with van der Waals surface area (Å²) in [6.45, 7) is 5.29. The maximum Gasteiger partial charge on any atom is 0.270 e. The topological polar surface area (TPSA) is 86.3 Å². The number of hydrogen-bond donors (Lipinski definition) is 1. The van der Waals surface area contributed by atoms with E-state index in [9.17, 15) is 9.59 Å². The molecule has 1 N–H and O–H groups in total. The zero-order valence-electron chi connectivity index (χ0n) is 24.7. The van der Waals surface area contributed by atoms with Gasteiger partial charge in [-0.05, 0) is 101 Å². The Morgan fingerprint density at radius 3 is 2.13 bits per heavy atom. The van der Waals surface area contributed by atoms with Crippen LogP contribution in [-0.4, -0.2) is 30.1 Å². The fourth-order valence-electron chi connectivity index (χ4n) is 4.63. The van der Waals surface area contributed by atoms with Gasteiger partial charge in [-0.3, -0.25) is 19.8 Å². The van der Waals surface area contributed by atoms with E-state index in [1.807, 2.05) is 68.4 Å². The van der Waals surface area contributed by atoms with Crippen molar-refractivity contribution >= 4 is 56.8 Å². The van der Waals surface area contributed by atoms with Crippen molar-refractivity contribution in [3.05, 3.63) is 118 Å². The van der Waals surface area contributed by atoms with Crippen molar-refractivity contribution in [1.29, 1.82) is 0 Å². The van der Waals surface area contributed by atoms with E-state index >= 15 is 0 Å². The molecule has 1 aliphatic heterocycles. The Morgan fingerprint density at radius 1 is 0.756 bits per heavy atom. The first-order valence-electron chi connectivity index (χ1n) is 14.4. The van der Waals surface area contributed by atoms with E-state index in [1.54, 1.807) is 36.4 Å². The lowest BCUT2D eigenvalue weighted by molar-refractivity contribution is -0.122. The number of nitrogens with one attached hydrogen (secondary N) is 1. The first-order chi connectivity index (χ1) is 21.9. The van der Waals surface area contributed by atoms with Gasteiger partial charge in [-0.2, -0.15) is 0 Å². The molecule has 0 unspecified atom stereocenters. The number of anilines is 1. The molecule has 4 aromatic rings. The Bertz CT molecular complexity index is 1730. The highest BCUT2D eigenvalue weighted by Gasteiger charge is 2.34. The summed E-state index contributed by atoms with van der Waals surface area (Å²) < 4.78 is 24.6. The fraction of sp³-hybridized carbons (Fsp3) is 0.171. The van der Waals surface area contributed by atoms with Gasteiger partial charge in [0.1, 0.15) is 18.8 Å². The maximum atomic E-state index is 13.4. The van der Waals surface area contributed by atoms with Crippen LogP contribution in [0.2, 0.25) is 0 Å². The van der Waals surface area contributed by atoms with Gasteiger partial charge in [0, 0.05) is 0 Å². The molecule has 10 heteroatoms. The molecule has 1 fully saturated rings. The van der Waals surface area contributed by atoms with Gasteiger partial charge in [0.15, 0.2) is 28.1 Å². The molecule has 2 amide bonds. The minimum absolute atomic E-state index is 0.0246. The molecule has 0 aromatic heterocycles. The molecule has 1 heterocycles. The first kappa shape index (κ1) is 31.7. The third-order valence-corrected chi connectivity index (χ3v) is 7.56. The van der Waals surface area contributed by atoms with Crippen LogP contribution in [-0.2, 0) is 22.8 Å². The molecule has 230 valence electrons. The third kappa shape index (κ3) is 7.71. The van der Waals surface area contributed by atoms with Crippen LogP contribution in [0.4, 0.5) is 5.69 Å². The molecule has 0 aliphatic carbocycles. The Balaban J connectivity index is 1.36. The summed E-state index contributed by atoms with van der Waals surface area (Å²) in [6, 6.07) is 28.0. The van der Waals surface area contributed by atoms with Gasteiger partial charge in [-0.25, -0.2) is 0 Å². The van der Waals surface area contributed by atoms with Gasteiger partial charge in [-0.15, -0.1) is 0 Å². The van der Waals surface area contributed by atoms with E-state index in [-0.39, 0.29) is 17.3 Å². The Kier molecular flexibility index (Phi) is 10.5. The van der Waals surface area contributed by atoms with Crippen molar-refractivity contribution < 1.29 is 28.5 Å². The number of thiocarbonyl (C=S) groups is 1. The predicted molar refractivity (Wildman–Crippen MR) is 181 cm³/mol. The second kappa shape index (κ2) is 14.9. The van der Waals surface area contributed by atoms with Crippen molar-refractivity contribution in [3.63, 3.8) is 0 Å². The smallest absolute Gasteiger partial charge is 0.270 e. The number of halogens is 1. The van der Waals surface area contributed by atoms with E-state index < -0.39 is 11.8 Å². The Hall–Kier alpha value is -4.67. The van der Waals surface area contributed by atoms with Crippen molar-refractivity contribution in [3.8, 4) is 23.0 Å². The third-order valence-electron chi connectivity index (χ3n) is 6.69. The molecule has 1 aliphatic rings. The van der Waals surface area contributed by atoms with Gasteiger partial charge >= 0.3 is 0 Å². The maximum absolute atomic E-state index is 13.4. The molecule has 8 nitrogen and oxygen atoms in total. The average molecular weight is 688 g/mol. The summed E-state index contributed by atoms with van der Waals surface area (Å²) in [6.07, 6.45) is 1.51. The van der Waals surface area contributed by atoms with E-state index in [2.05, 4.69) is 21.2 Å². The van der Waals surface area contributed by atoms with Crippen LogP contribution in [0.1, 0.15) is 30.5 Å². The normalized spacial score (nSPS) is 13.9. The first-order valence-corrected chi connectivity index (χ1v) is 15.6. The number of ether oxygens (including phenoxy) is 4. The predicted octanol–water partition coefficient (Wildman–Crippen LogP) is 7.24. The molecule has 0 bridgehead atoms. The summed E-state index contributed by atoms with van der Waals surface area (Å²) in [4.78, 5) is 27.5.